The Morgan fingerprint density at radius 3 is 2.62 bits per heavy atom. The molecule has 1 aliphatic carbocycles. The molecule has 1 aromatic carbocycles. The number of aryl methyl sites for hydroxylation is 3. The van der Waals surface area contributed by atoms with E-state index in [1.165, 1.54) is 6.07 Å². The van der Waals surface area contributed by atoms with Crippen molar-refractivity contribution in [2.24, 2.45) is 18.9 Å². The van der Waals surface area contributed by atoms with Gasteiger partial charge in [0.2, 0.25) is 0 Å². The number of carbonyl (C=O) groups excluding carboxylic acids is 2. The molecule has 0 radical (unpaired) electrons. The van der Waals surface area contributed by atoms with Gasteiger partial charge in [-0.1, -0.05) is 30.5 Å². The molecule has 7 nitrogen and oxygen atoms in total. The van der Waals surface area contributed by atoms with E-state index in [0.717, 1.165) is 31.2 Å². The predicted octanol–water partition coefficient (Wildman–Crippen LogP) is 4.61. The van der Waals surface area contributed by atoms with Crippen LogP contribution in [0.15, 0.2) is 18.2 Å². The number of hydrogen-bond donors (Lipinski definition) is 0. The smallest absolute Gasteiger partial charge is 0.387 e. The second-order valence-corrected chi connectivity index (χ2v) is 9.62. The van der Waals surface area contributed by atoms with Crippen LogP contribution < -0.4 is 4.74 Å². The summed E-state index contributed by atoms with van der Waals surface area (Å²) in [5.41, 5.74) is -0.0779. The molecule has 2 aliphatic rings. The zero-order valence-electron chi connectivity index (χ0n) is 19.2. The lowest BCUT2D eigenvalue weighted by atomic mass is 9.73. The lowest BCUT2D eigenvalue weighted by Gasteiger charge is -2.43. The van der Waals surface area contributed by atoms with Crippen molar-refractivity contribution in [3.8, 4) is 5.75 Å². The minimum absolute atomic E-state index is 0.0865. The molecule has 184 valence electrons. The summed E-state index contributed by atoms with van der Waals surface area (Å²) in [6.07, 6.45) is 5.12. The predicted molar refractivity (Wildman–Crippen MR) is 120 cm³/mol. The average Bonchev–Trinajstić information content (AvgIpc) is 3.41. The number of hydrogen-bond acceptors (Lipinski definition) is 6. The monoisotopic (exact) mass is 495 g/mol. The van der Waals surface area contributed by atoms with Crippen molar-refractivity contribution in [1.29, 1.82) is 0 Å². The highest BCUT2D eigenvalue weighted by atomic mass is 35.5. The first-order chi connectivity index (χ1) is 16.2. The Balaban J connectivity index is 1.51. The molecule has 4 rings (SSSR count). The van der Waals surface area contributed by atoms with Crippen LogP contribution in [0, 0.1) is 18.8 Å². The number of benzene rings is 1. The highest BCUT2D eigenvalue weighted by Gasteiger charge is 2.51. The number of ether oxygens (including phenoxy) is 2. The van der Waals surface area contributed by atoms with E-state index in [9.17, 15) is 18.4 Å². The number of aromatic nitrogens is 3. The van der Waals surface area contributed by atoms with E-state index in [-0.39, 0.29) is 35.3 Å². The summed E-state index contributed by atoms with van der Waals surface area (Å²) in [6.45, 7) is -1.20. The molecule has 2 atom stereocenters. The van der Waals surface area contributed by atoms with Gasteiger partial charge in [0.25, 0.3) is 0 Å². The Bertz CT molecular complexity index is 1050. The summed E-state index contributed by atoms with van der Waals surface area (Å²) in [5.74, 6) is -0.371. The van der Waals surface area contributed by atoms with Crippen LogP contribution in [0.25, 0.3) is 0 Å². The molecule has 1 aliphatic heterocycles. The number of carbonyl (C=O) groups is 2. The van der Waals surface area contributed by atoms with Crippen LogP contribution in [-0.4, -0.2) is 38.7 Å². The van der Waals surface area contributed by atoms with Gasteiger partial charge in [0.05, 0.1) is 5.02 Å². The molecule has 1 aromatic heterocycles. The number of cyclic esters (lactones) is 1. The Morgan fingerprint density at radius 1 is 1.29 bits per heavy atom. The Hall–Kier alpha value is -2.55. The van der Waals surface area contributed by atoms with Crippen LogP contribution in [0.4, 0.5) is 8.78 Å². The molecule has 34 heavy (non-hydrogen) atoms. The number of rotatable bonds is 8. The zero-order chi connectivity index (χ0) is 24.5. The molecule has 0 spiro atoms. The van der Waals surface area contributed by atoms with Gasteiger partial charge in [-0.15, -0.1) is 0 Å². The molecule has 0 amide bonds. The largest absolute Gasteiger partial charge is 0.458 e. The zero-order valence-corrected chi connectivity index (χ0v) is 20.0. The summed E-state index contributed by atoms with van der Waals surface area (Å²) in [5, 5.41) is 4.28. The molecule has 0 N–H and O–H groups in total. The Kier molecular flexibility index (Phi) is 7.21. The molecule has 2 unspecified atom stereocenters. The van der Waals surface area contributed by atoms with Gasteiger partial charge in [0.1, 0.15) is 28.9 Å². The number of esters is 1. The van der Waals surface area contributed by atoms with Gasteiger partial charge in [0.15, 0.2) is 5.78 Å². The highest BCUT2D eigenvalue weighted by Crippen LogP contribution is 2.45. The first-order valence-corrected chi connectivity index (χ1v) is 11.9. The fourth-order valence-electron chi connectivity index (χ4n) is 5.24. The first-order valence-electron chi connectivity index (χ1n) is 11.5. The van der Waals surface area contributed by atoms with Crippen molar-refractivity contribution in [2.45, 2.75) is 70.5 Å². The third-order valence-electron chi connectivity index (χ3n) is 6.94. The van der Waals surface area contributed by atoms with Crippen molar-refractivity contribution in [3.05, 3.63) is 40.4 Å². The quantitative estimate of drug-likeness (QED) is 0.392. The molecule has 2 heterocycles. The normalized spacial score (nSPS) is 23.5. The van der Waals surface area contributed by atoms with Crippen LogP contribution in [0.3, 0.4) is 0 Å². The number of nitrogens with zero attached hydrogens (tertiary/aromatic N) is 3. The van der Waals surface area contributed by atoms with Gasteiger partial charge in [0, 0.05) is 19.9 Å². The standard InChI is InChI=1S/C24H28ClF2N3O4/c1-14-28-21(30(2)29-14)12-17-19(31)13-24(34-22(17)32,16-5-3-4-6-16)10-9-15-7-8-20(18(25)11-15)33-23(26)27/h7-8,11,16-17,23H,3-6,9-10,12-13H2,1-2H3. The lowest BCUT2D eigenvalue weighted by Crippen LogP contribution is -2.52. The summed E-state index contributed by atoms with van der Waals surface area (Å²) < 4.78 is 37.1. The van der Waals surface area contributed by atoms with E-state index in [0.29, 0.717) is 24.5 Å². The fourth-order valence-corrected chi connectivity index (χ4v) is 5.49. The first kappa shape index (κ1) is 24.6. The summed E-state index contributed by atoms with van der Waals surface area (Å²) in [7, 11) is 1.74. The maximum absolute atomic E-state index is 13.2. The van der Waals surface area contributed by atoms with E-state index in [2.05, 4.69) is 14.8 Å². The maximum atomic E-state index is 13.2. The van der Waals surface area contributed by atoms with Crippen molar-refractivity contribution < 1.29 is 27.8 Å². The van der Waals surface area contributed by atoms with Crippen molar-refractivity contribution in [1.82, 2.24) is 14.8 Å². The van der Waals surface area contributed by atoms with E-state index in [1.54, 1.807) is 30.8 Å². The minimum atomic E-state index is -2.96. The second kappa shape index (κ2) is 9.98. The SMILES string of the molecule is Cc1nc(CC2C(=O)CC(CCc3ccc(OC(F)F)c(Cl)c3)(C3CCCC3)OC2=O)n(C)n1. The van der Waals surface area contributed by atoms with Crippen molar-refractivity contribution >= 4 is 23.4 Å². The summed E-state index contributed by atoms with van der Waals surface area (Å²) in [4.78, 5) is 30.7. The number of Topliss-reactive ketones (excluding diaryl/α,β-unsaturated/α-hetero) is 1. The third-order valence-corrected chi connectivity index (χ3v) is 7.24. The highest BCUT2D eigenvalue weighted by molar-refractivity contribution is 6.32. The summed E-state index contributed by atoms with van der Waals surface area (Å²) >= 11 is 6.10. The summed E-state index contributed by atoms with van der Waals surface area (Å²) in [6, 6.07) is 4.65. The lowest BCUT2D eigenvalue weighted by molar-refractivity contribution is -0.185. The van der Waals surface area contributed by atoms with E-state index < -0.39 is 24.1 Å². The van der Waals surface area contributed by atoms with Gasteiger partial charge in [-0.2, -0.15) is 13.9 Å². The van der Waals surface area contributed by atoms with E-state index in [4.69, 9.17) is 16.3 Å². The van der Waals surface area contributed by atoms with Gasteiger partial charge < -0.3 is 9.47 Å². The van der Waals surface area contributed by atoms with Crippen molar-refractivity contribution in [2.75, 3.05) is 0 Å². The van der Waals surface area contributed by atoms with E-state index in [1.807, 2.05) is 0 Å². The van der Waals surface area contributed by atoms with Crippen molar-refractivity contribution in [3.63, 3.8) is 0 Å². The Labute approximate surface area is 201 Å². The molecular weight excluding hydrogens is 468 g/mol. The molecule has 1 saturated carbocycles. The average molecular weight is 496 g/mol. The number of halogens is 3. The van der Waals surface area contributed by atoms with E-state index >= 15 is 0 Å². The van der Waals surface area contributed by atoms with Gasteiger partial charge >= 0.3 is 12.6 Å². The molecule has 10 heteroatoms. The number of ketones is 1. The molecule has 2 aromatic rings. The van der Waals surface area contributed by atoms with Crippen LogP contribution >= 0.6 is 11.6 Å². The molecular formula is C24H28ClF2N3O4. The Morgan fingerprint density at radius 2 is 2.03 bits per heavy atom. The minimum Gasteiger partial charge on any atom is -0.458 e. The van der Waals surface area contributed by atoms with Crippen LogP contribution in [0.5, 0.6) is 5.75 Å². The maximum Gasteiger partial charge on any atom is 0.387 e. The number of alkyl halides is 2. The topological polar surface area (TPSA) is 83.3 Å². The van der Waals surface area contributed by atoms with Crippen LogP contribution in [0.1, 0.15) is 55.7 Å². The third kappa shape index (κ3) is 5.24. The van der Waals surface area contributed by atoms with Gasteiger partial charge in [-0.25, -0.2) is 4.98 Å². The molecule has 2 fully saturated rings. The fraction of sp³-hybridized carbons (Fsp3) is 0.583. The van der Waals surface area contributed by atoms with Gasteiger partial charge in [-0.3, -0.25) is 14.3 Å². The van der Waals surface area contributed by atoms with Crippen LogP contribution in [-0.2, 0) is 34.2 Å². The second-order valence-electron chi connectivity index (χ2n) is 9.21. The molecule has 0 bridgehead atoms. The molecule has 1 saturated heterocycles. The van der Waals surface area contributed by atoms with Gasteiger partial charge in [-0.05, 0) is 56.2 Å². The van der Waals surface area contributed by atoms with Crippen LogP contribution in [0.2, 0.25) is 5.02 Å².